The Balaban J connectivity index is 6.19. The number of hydrogen-bond acceptors (Lipinski definition) is 18. The van der Waals surface area contributed by atoms with Gasteiger partial charge in [0.05, 0.1) is 32.0 Å². The molecule has 12 amide bonds. The van der Waals surface area contributed by atoms with Gasteiger partial charge >= 0.3 is 29.8 Å². The van der Waals surface area contributed by atoms with Crippen LogP contribution in [0.25, 0.3) is 0 Å². The number of aliphatic carboxylic acids is 5. The zero-order chi connectivity index (χ0) is 57.7. The Bertz CT molecular complexity index is 2190. The zero-order valence-corrected chi connectivity index (χ0v) is 40.0. The number of carboxylic acid groups (broad SMARTS) is 5. The Morgan fingerprint density at radius 2 is 0.707 bits per heavy atom. The van der Waals surface area contributed by atoms with Gasteiger partial charge in [0.25, 0.3) is 0 Å². The minimum absolute atomic E-state index is 0.285. The molecule has 0 unspecified atom stereocenters. The van der Waals surface area contributed by atoms with Gasteiger partial charge in [0, 0.05) is 32.1 Å². The van der Waals surface area contributed by atoms with Crippen molar-refractivity contribution in [3.05, 3.63) is 0 Å². The summed E-state index contributed by atoms with van der Waals surface area (Å²) in [7, 11) is 0. The average molecular weight is 1080 g/mol. The van der Waals surface area contributed by atoms with Crippen LogP contribution in [0, 0.1) is 0 Å². The number of carbonyl (C=O) groups is 17. The lowest BCUT2D eigenvalue weighted by atomic mass is 10.0. The standard InChI is InChI=1S/C40H61N13O22/c1-16(33(67)45-14-27(57)48-18(4-9-29(59)60)35(69)46-15-28(58)49-23(40(74)75)12-26(44)56)47-36(70)20(5-10-30(61)62)51-37(71)21(6-11-31(63)64)52-39(73)22(13-32(65)66)53-38(72)19(3-8-25(43)55)50-34(68)17(41)2-7-24(42)54/h16-23H,2-15,41H2,1H3,(H2,42,54)(H2,43,55)(H2,44,56)(H,45,67)(H,46,69)(H,47,70)(H,48,57)(H,49,58)(H,50,68)(H,51,71)(H,52,73)(H,53,72)(H,59,60)(H,61,62)(H,63,64)(H,65,66)(H,74,75)/t16-,17-,18-,19-,20-,21-,22-,23-/m0/s1. The fraction of sp³-hybridized carbons (Fsp3) is 0.575. The van der Waals surface area contributed by atoms with E-state index in [1.165, 1.54) is 0 Å². The van der Waals surface area contributed by atoms with Crippen LogP contribution in [0.1, 0.15) is 84.0 Å². The van der Waals surface area contributed by atoms with Crippen LogP contribution in [0.3, 0.4) is 0 Å². The summed E-state index contributed by atoms with van der Waals surface area (Å²) < 4.78 is 0. The molecule has 0 bridgehead atoms. The highest BCUT2D eigenvalue weighted by molar-refractivity contribution is 5.99. The van der Waals surface area contributed by atoms with Gasteiger partial charge in [-0.3, -0.25) is 76.7 Å². The van der Waals surface area contributed by atoms with Gasteiger partial charge in [-0.2, -0.15) is 0 Å². The molecule has 0 aromatic rings. The third kappa shape index (κ3) is 29.2. The van der Waals surface area contributed by atoms with Gasteiger partial charge in [0.1, 0.15) is 42.3 Å². The van der Waals surface area contributed by atoms with E-state index in [2.05, 4.69) is 26.6 Å². The lowest BCUT2D eigenvalue weighted by Crippen LogP contribution is -2.59. The summed E-state index contributed by atoms with van der Waals surface area (Å²) in [5, 5.41) is 65.1. The quantitative estimate of drug-likeness (QED) is 0.0273. The molecule has 0 aromatic carbocycles. The maximum Gasteiger partial charge on any atom is 0.326 e. The number of hydrogen-bond donors (Lipinski definition) is 18. The van der Waals surface area contributed by atoms with E-state index in [1.807, 2.05) is 21.3 Å². The van der Waals surface area contributed by atoms with Crippen LogP contribution in [0.2, 0.25) is 0 Å². The van der Waals surface area contributed by atoms with Gasteiger partial charge in [0.15, 0.2) is 0 Å². The van der Waals surface area contributed by atoms with Crippen LogP contribution in [0.5, 0.6) is 0 Å². The highest BCUT2D eigenvalue weighted by Crippen LogP contribution is 2.08. The van der Waals surface area contributed by atoms with E-state index in [0.29, 0.717) is 0 Å². The fourth-order valence-electron chi connectivity index (χ4n) is 5.96. The summed E-state index contributed by atoms with van der Waals surface area (Å²) in [6.45, 7) is -0.825. The molecule has 0 spiro atoms. The van der Waals surface area contributed by atoms with E-state index in [4.69, 9.17) is 33.1 Å². The van der Waals surface area contributed by atoms with Crippen molar-refractivity contribution in [3.63, 3.8) is 0 Å². The van der Waals surface area contributed by atoms with Crippen molar-refractivity contribution in [2.24, 2.45) is 22.9 Å². The van der Waals surface area contributed by atoms with Crippen LogP contribution in [0.15, 0.2) is 0 Å². The molecular formula is C40H61N13O22. The Kier molecular flexibility index (Phi) is 29.5. The molecule has 22 N–H and O–H groups in total. The Labute approximate surface area is 423 Å². The number of carbonyl (C=O) groups excluding carboxylic acids is 12. The third-order valence-electron chi connectivity index (χ3n) is 9.86. The summed E-state index contributed by atoms with van der Waals surface area (Å²) in [6, 6.07) is -14.2. The lowest BCUT2D eigenvalue weighted by molar-refractivity contribution is -0.143. The van der Waals surface area contributed by atoms with E-state index in [9.17, 15) is 96.8 Å². The maximum atomic E-state index is 13.6. The molecule has 418 valence electrons. The monoisotopic (exact) mass is 1080 g/mol. The highest BCUT2D eigenvalue weighted by atomic mass is 16.4. The summed E-state index contributed by atoms with van der Waals surface area (Å²) in [5.41, 5.74) is 20.9. The third-order valence-corrected chi connectivity index (χ3v) is 9.86. The largest absolute Gasteiger partial charge is 0.481 e. The summed E-state index contributed by atoms with van der Waals surface area (Å²) >= 11 is 0. The van der Waals surface area contributed by atoms with E-state index < -0.39 is 226 Å². The van der Waals surface area contributed by atoms with Crippen molar-refractivity contribution >= 4 is 101 Å². The SMILES string of the molecule is C[C@H](NC(=O)[C@H](CCC(=O)O)NC(=O)[C@H](CCC(=O)O)NC(=O)[C@H](CC(=O)O)NC(=O)[C@H](CCC(N)=O)NC(=O)[C@@H](N)CCC(N)=O)C(=O)NCC(=O)N[C@@H](CCC(=O)O)C(=O)NCC(=O)N[C@@H](CC(N)=O)C(=O)O. The normalized spacial score (nSPS) is 13.8. The summed E-state index contributed by atoms with van der Waals surface area (Å²) in [4.78, 5) is 208. The predicted octanol–water partition coefficient (Wildman–Crippen LogP) is -9.48. The molecule has 35 nitrogen and oxygen atoms in total. The molecule has 0 radical (unpaired) electrons. The smallest absolute Gasteiger partial charge is 0.326 e. The molecular weight excluding hydrogens is 1010 g/mol. The van der Waals surface area contributed by atoms with Gasteiger partial charge in [0.2, 0.25) is 70.9 Å². The van der Waals surface area contributed by atoms with Gasteiger partial charge in [-0.25, -0.2) is 4.79 Å². The minimum atomic E-state index is -2.11. The predicted molar refractivity (Wildman–Crippen MR) is 244 cm³/mol. The van der Waals surface area contributed by atoms with Crippen molar-refractivity contribution in [1.29, 1.82) is 0 Å². The number of primary amides is 3. The zero-order valence-electron chi connectivity index (χ0n) is 40.0. The molecule has 0 fully saturated rings. The summed E-state index contributed by atoms with van der Waals surface area (Å²) in [5.74, 6) is -21.7. The molecule has 0 aliphatic rings. The molecule has 8 atom stereocenters. The van der Waals surface area contributed by atoms with Crippen molar-refractivity contribution in [2.45, 2.75) is 132 Å². The van der Waals surface area contributed by atoms with Gasteiger partial charge in [-0.15, -0.1) is 0 Å². The number of nitrogens with one attached hydrogen (secondary N) is 9. The second kappa shape index (κ2) is 33.6. The first-order valence-corrected chi connectivity index (χ1v) is 22.2. The number of rotatable bonds is 38. The number of nitrogens with two attached hydrogens (primary N) is 4. The Morgan fingerprint density at radius 1 is 0.360 bits per heavy atom. The molecule has 0 rings (SSSR count). The Morgan fingerprint density at radius 3 is 1.11 bits per heavy atom. The molecule has 0 aliphatic carbocycles. The van der Waals surface area contributed by atoms with Crippen molar-refractivity contribution in [3.8, 4) is 0 Å². The molecule has 0 heterocycles. The van der Waals surface area contributed by atoms with Crippen molar-refractivity contribution in [2.75, 3.05) is 13.1 Å². The first-order chi connectivity index (χ1) is 34.8. The minimum Gasteiger partial charge on any atom is -0.481 e. The first-order valence-electron chi connectivity index (χ1n) is 22.2. The summed E-state index contributed by atoms with van der Waals surface area (Å²) in [6.07, 6.45) is -8.22. The van der Waals surface area contributed by atoms with E-state index >= 15 is 0 Å². The molecule has 35 heteroatoms. The van der Waals surface area contributed by atoms with Crippen molar-refractivity contribution in [1.82, 2.24) is 47.9 Å². The van der Waals surface area contributed by atoms with Gasteiger partial charge in [-0.1, -0.05) is 0 Å². The lowest BCUT2D eigenvalue weighted by Gasteiger charge is -2.26. The molecule has 75 heavy (non-hydrogen) atoms. The second-order valence-electron chi connectivity index (χ2n) is 16.2. The maximum absolute atomic E-state index is 13.6. The van der Waals surface area contributed by atoms with E-state index in [1.54, 1.807) is 0 Å². The van der Waals surface area contributed by atoms with Gasteiger partial charge in [-0.05, 0) is 39.0 Å². The molecule has 0 aromatic heterocycles. The first kappa shape index (κ1) is 66.0. The van der Waals surface area contributed by atoms with E-state index in [0.717, 1.165) is 6.92 Å². The van der Waals surface area contributed by atoms with Crippen LogP contribution in [-0.2, 0) is 81.5 Å². The topological polar surface area (TPSA) is 604 Å². The van der Waals surface area contributed by atoms with Crippen LogP contribution >= 0.6 is 0 Å². The average Bonchev–Trinajstić information content (AvgIpc) is 3.30. The Hall–Kier alpha value is -9.05. The highest BCUT2D eigenvalue weighted by Gasteiger charge is 2.34. The molecule has 0 saturated heterocycles. The van der Waals surface area contributed by atoms with Gasteiger partial charge < -0.3 is 96.3 Å². The fourth-order valence-corrected chi connectivity index (χ4v) is 5.96. The van der Waals surface area contributed by atoms with Crippen LogP contribution < -0.4 is 70.8 Å². The molecule has 0 aliphatic heterocycles. The number of amides is 12. The van der Waals surface area contributed by atoms with Crippen molar-refractivity contribution < 1.29 is 107 Å². The second-order valence-corrected chi connectivity index (χ2v) is 16.2. The van der Waals surface area contributed by atoms with Crippen LogP contribution in [0.4, 0.5) is 0 Å². The number of carboxylic acids is 5. The van der Waals surface area contributed by atoms with E-state index in [-0.39, 0.29) is 12.8 Å². The van der Waals surface area contributed by atoms with Crippen LogP contribution in [-0.4, -0.2) is 188 Å². The molecule has 0 saturated carbocycles.